The Morgan fingerprint density at radius 2 is 1.91 bits per heavy atom. The van der Waals surface area contributed by atoms with Crippen LogP contribution in [0.3, 0.4) is 0 Å². The summed E-state index contributed by atoms with van der Waals surface area (Å²) in [5.74, 6) is 0.281. The van der Waals surface area contributed by atoms with Gasteiger partial charge in [0.2, 0.25) is 10.0 Å². The van der Waals surface area contributed by atoms with Crippen LogP contribution in [0.25, 0.3) is 0 Å². The molecular weight excluding hydrogens is 424 g/mol. The normalized spacial score (nSPS) is 15.7. The molecule has 170 valence electrons. The molecule has 3 rings (SSSR count). The van der Waals surface area contributed by atoms with Crippen LogP contribution >= 0.6 is 0 Å². The number of azo groups is 1. The van der Waals surface area contributed by atoms with Crippen molar-refractivity contribution in [1.82, 2.24) is 5.32 Å². The predicted molar refractivity (Wildman–Crippen MR) is 129 cm³/mol. The Bertz CT molecular complexity index is 1160. The van der Waals surface area contributed by atoms with Crippen LogP contribution in [-0.4, -0.2) is 34.3 Å². The second kappa shape index (κ2) is 9.67. The monoisotopic (exact) mass is 454 g/mol. The van der Waals surface area contributed by atoms with Gasteiger partial charge in [0, 0.05) is 31.4 Å². The number of anilines is 2. The third kappa shape index (κ3) is 5.64. The van der Waals surface area contributed by atoms with Crippen LogP contribution in [-0.2, 0) is 10.0 Å². The molecule has 0 bridgehead atoms. The van der Waals surface area contributed by atoms with E-state index in [-0.39, 0.29) is 12.0 Å². The highest BCUT2D eigenvalue weighted by atomic mass is 32.2. The van der Waals surface area contributed by atoms with Gasteiger partial charge >= 0.3 is 0 Å². The molecule has 0 aromatic heterocycles. The molecule has 0 aliphatic carbocycles. The molecule has 0 amide bonds. The quantitative estimate of drug-likeness (QED) is 0.410. The summed E-state index contributed by atoms with van der Waals surface area (Å²) in [7, 11) is -3.51. The lowest BCUT2D eigenvalue weighted by Crippen LogP contribution is -2.22. The van der Waals surface area contributed by atoms with Crippen molar-refractivity contribution in [1.29, 1.82) is 5.26 Å². The van der Waals surface area contributed by atoms with Crippen LogP contribution in [0.5, 0.6) is 0 Å². The maximum absolute atomic E-state index is 12.0. The standard InChI is InChI=1S/C23H30N6O2S/c1-6-29(7-2)18-8-9-20(21(12-18)28-32(5,30)31)26-27-23-17(13-24)10-16(15(3)4)11-19(23)22-14-25-22/h8-12,15,22,25,28H,6-7,14H2,1-5H3. The Hall–Kier alpha value is -2.96. The first-order valence-electron chi connectivity index (χ1n) is 10.8. The van der Waals surface area contributed by atoms with E-state index in [1.54, 1.807) is 12.1 Å². The minimum atomic E-state index is -3.51. The van der Waals surface area contributed by atoms with Crippen molar-refractivity contribution in [3.63, 3.8) is 0 Å². The topological polar surface area (TPSA) is 120 Å². The fourth-order valence-electron chi connectivity index (χ4n) is 3.54. The molecule has 2 aromatic carbocycles. The number of nitriles is 1. The third-order valence-electron chi connectivity index (χ3n) is 5.39. The fraction of sp³-hybridized carbons (Fsp3) is 0.435. The molecule has 1 atom stereocenters. The highest BCUT2D eigenvalue weighted by Crippen LogP contribution is 2.39. The van der Waals surface area contributed by atoms with E-state index < -0.39 is 10.0 Å². The number of nitrogens with one attached hydrogen (secondary N) is 2. The first-order valence-corrected chi connectivity index (χ1v) is 12.7. The van der Waals surface area contributed by atoms with E-state index in [0.717, 1.165) is 42.7 Å². The number of hydrogen-bond acceptors (Lipinski definition) is 7. The molecule has 1 aliphatic rings. The molecule has 1 fully saturated rings. The Labute approximate surface area is 190 Å². The summed E-state index contributed by atoms with van der Waals surface area (Å²) in [6, 6.07) is 11.7. The predicted octanol–water partition coefficient (Wildman–Crippen LogP) is 4.96. The lowest BCUT2D eigenvalue weighted by molar-refractivity contribution is 0.607. The summed E-state index contributed by atoms with van der Waals surface area (Å²) in [5, 5.41) is 21.8. The molecule has 32 heavy (non-hydrogen) atoms. The van der Waals surface area contributed by atoms with Gasteiger partial charge < -0.3 is 10.2 Å². The van der Waals surface area contributed by atoms with Crippen LogP contribution in [0.15, 0.2) is 40.6 Å². The summed E-state index contributed by atoms with van der Waals surface area (Å²) in [4.78, 5) is 2.11. The van der Waals surface area contributed by atoms with E-state index in [0.29, 0.717) is 22.6 Å². The summed E-state index contributed by atoms with van der Waals surface area (Å²) in [6.45, 7) is 10.7. The molecule has 2 N–H and O–H groups in total. The molecule has 1 unspecified atom stereocenters. The van der Waals surface area contributed by atoms with E-state index in [2.05, 4.69) is 51.2 Å². The SMILES string of the molecule is CCN(CC)c1ccc(N=Nc2c(C#N)cc(C(C)C)cc2C2CN2)c(NS(C)(=O)=O)c1. The number of nitrogens with zero attached hydrogens (tertiary/aromatic N) is 4. The molecule has 0 spiro atoms. The Balaban J connectivity index is 2.08. The number of benzene rings is 2. The lowest BCUT2D eigenvalue weighted by atomic mass is 9.95. The minimum Gasteiger partial charge on any atom is -0.372 e. The smallest absolute Gasteiger partial charge is 0.229 e. The van der Waals surface area contributed by atoms with Gasteiger partial charge in [0.1, 0.15) is 17.4 Å². The van der Waals surface area contributed by atoms with Crippen LogP contribution in [0.1, 0.15) is 56.3 Å². The number of hydrogen-bond donors (Lipinski definition) is 2. The van der Waals surface area contributed by atoms with Crippen molar-refractivity contribution in [3.05, 3.63) is 47.0 Å². The molecular formula is C23H30N6O2S. The molecule has 1 saturated heterocycles. The molecule has 0 saturated carbocycles. The van der Waals surface area contributed by atoms with Gasteiger partial charge in [0.05, 0.1) is 17.5 Å². The van der Waals surface area contributed by atoms with Crippen molar-refractivity contribution >= 4 is 32.8 Å². The molecule has 1 heterocycles. The summed E-state index contributed by atoms with van der Waals surface area (Å²) < 4.78 is 26.5. The van der Waals surface area contributed by atoms with Crippen molar-refractivity contribution in [3.8, 4) is 6.07 Å². The van der Waals surface area contributed by atoms with E-state index in [1.807, 2.05) is 26.0 Å². The first kappa shape index (κ1) is 23.7. The summed E-state index contributed by atoms with van der Waals surface area (Å²) >= 11 is 0. The average Bonchev–Trinajstić information content (AvgIpc) is 3.57. The maximum atomic E-state index is 12.0. The van der Waals surface area contributed by atoms with Crippen molar-refractivity contribution in [2.24, 2.45) is 10.2 Å². The fourth-order valence-corrected chi connectivity index (χ4v) is 4.10. The summed E-state index contributed by atoms with van der Waals surface area (Å²) in [6.07, 6.45) is 1.10. The van der Waals surface area contributed by atoms with Crippen molar-refractivity contribution in [2.45, 2.75) is 39.7 Å². The van der Waals surface area contributed by atoms with Gasteiger partial charge in [-0.1, -0.05) is 19.9 Å². The largest absolute Gasteiger partial charge is 0.372 e. The molecule has 1 aliphatic heterocycles. The zero-order valence-electron chi connectivity index (χ0n) is 19.2. The lowest BCUT2D eigenvalue weighted by Gasteiger charge is -2.22. The van der Waals surface area contributed by atoms with E-state index in [4.69, 9.17) is 0 Å². The molecule has 8 nitrogen and oxygen atoms in total. The Morgan fingerprint density at radius 1 is 1.22 bits per heavy atom. The zero-order chi connectivity index (χ0) is 23.5. The van der Waals surface area contributed by atoms with Gasteiger partial charge in [-0.2, -0.15) is 5.26 Å². The number of rotatable bonds is 9. The van der Waals surface area contributed by atoms with Crippen molar-refractivity contribution in [2.75, 3.05) is 35.5 Å². The second-order valence-corrected chi connectivity index (χ2v) is 9.93. The van der Waals surface area contributed by atoms with Crippen LogP contribution in [0.2, 0.25) is 0 Å². The van der Waals surface area contributed by atoms with Gasteiger partial charge in [-0.05, 0) is 55.2 Å². The first-order chi connectivity index (χ1) is 15.2. The number of sulfonamides is 1. The Morgan fingerprint density at radius 3 is 2.44 bits per heavy atom. The van der Waals surface area contributed by atoms with Crippen LogP contribution < -0.4 is 14.9 Å². The molecule has 9 heteroatoms. The highest BCUT2D eigenvalue weighted by molar-refractivity contribution is 7.92. The van der Waals surface area contributed by atoms with E-state index in [1.165, 1.54) is 0 Å². The van der Waals surface area contributed by atoms with Gasteiger partial charge in [-0.3, -0.25) is 4.72 Å². The van der Waals surface area contributed by atoms with E-state index in [9.17, 15) is 13.7 Å². The van der Waals surface area contributed by atoms with Gasteiger partial charge in [0.25, 0.3) is 0 Å². The van der Waals surface area contributed by atoms with Gasteiger partial charge in [-0.25, -0.2) is 8.42 Å². The average molecular weight is 455 g/mol. The van der Waals surface area contributed by atoms with Gasteiger partial charge in [0.15, 0.2) is 0 Å². The van der Waals surface area contributed by atoms with E-state index >= 15 is 0 Å². The third-order valence-corrected chi connectivity index (χ3v) is 5.99. The molecule has 2 aromatic rings. The van der Waals surface area contributed by atoms with Crippen molar-refractivity contribution < 1.29 is 8.42 Å². The maximum Gasteiger partial charge on any atom is 0.229 e. The summed E-state index contributed by atoms with van der Waals surface area (Å²) in [5.41, 5.74) is 4.62. The van der Waals surface area contributed by atoms with Crippen LogP contribution in [0.4, 0.5) is 22.7 Å². The zero-order valence-corrected chi connectivity index (χ0v) is 20.0. The molecule has 0 radical (unpaired) electrons. The van der Waals surface area contributed by atoms with Gasteiger partial charge in [-0.15, -0.1) is 10.2 Å². The van der Waals surface area contributed by atoms with Crippen LogP contribution in [0, 0.1) is 11.3 Å². The second-order valence-electron chi connectivity index (χ2n) is 8.18. The Kier molecular flexibility index (Phi) is 7.16. The highest BCUT2D eigenvalue weighted by Gasteiger charge is 2.28. The minimum absolute atomic E-state index is 0.147.